The van der Waals surface area contributed by atoms with Crippen molar-refractivity contribution in [2.24, 2.45) is 5.92 Å². The number of thiophene rings is 1. The van der Waals surface area contributed by atoms with Gasteiger partial charge in [0, 0.05) is 23.8 Å². The van der Waals surface area contributed by atoms with Crippen molar-refractivity contribution in [2.75, 3.05) is 0 Å². The molecule has 0 bridgehead atoms. The monoisotopic (exact) mass is 544 g/mol. The first-order chi connectivity index (χ1) is 20.1. The van der Waals surface area contributed by atoms with Crippen LogP contribution >= 0.6 is 11.3 Å². The number of para-hydroxylation sites is 2. The molecule has 0 unspecified atom stereocenters. The number of benzene rings is 4. The molecule has 0 amide bonds. The van der Waals surface area contributed by atoms with E-state index in [4.69, 9.17) is 7.73 Å². The molecule has 4 aromatic carbocycles. The molecular formula is C37H38N2S. The first kappa shape index (κ1) is 24.1. The summed E-state index contributed by atoms with van der Waals surface area (Å²) in [6.45, 7) is 13.0. The third-order valence-corrected chi connectivity index (χ3v) is 8.54. The van der Waals surface area contributed by atoms with Crippen molar-refractivity contribution in [3.8, 4) is 28.2 Å². The normalized spacial score (nSPS) is 13.1. The Hall–Kier alpha value is -3.69. The van der Waals surface area contributed by atoms with Crippen LogP contribution in [-0.2, 0) is 6.37 Å². The summed E-state index contributed by atoms with van der Waals surface area (Å²) in [4.78, 5) is 5.27. The van der Waals surface area contributed by atoms with Gasteiger partial charge in [0.25, 0.3) is 0 Å². The van der Waals surface area contributed by atoms with E-state index in [0.717, 1.165) is 32.5 Å². The van der Waals surface area contributed by atoms with Gasteiger partial charge in [-0.1, -0.05) is 90.1 Å². The maximum Gasteiger partial charge on any atom is 0.147 e. The Kier molecular flexibility index (Phi) is 6.46. The minimum atomic E-state index is -1.42. The Bertz CT molecular complexity index is 1870. The summed E-state index contributed by atoms with van der Waals surface area (Å²) in [5.74, 6) is 1.35. The highest BCUT2D eigenvalue weighted by molar-refractivity contribution is 7.17. The number of rotatable bonds is 7. The molecule has 0 aliphatic carbocycles. The van der Waals surface area contributed by atoms with Gasteiger partial charge >= 0.3 is 0 Å². The second kappa shape index (κ2) is 10.7. The summed E-state index contributed by atoms with van der Waals surface area (Å²) in [6, 6.07) is 29.8. The topological polar surface area (TPSA) is 17.8 Å². The fourth-order valence-corrected chi connectivity index (χ4v) is 6.59. The molecule has 0 N–H and O–H groups in total. The van der Waals surface area contributed by atoms with Gasteiger partial charge in [0.2, 0.25) is 0 Å². The van der Waals surface area contributed by atoms with Gasteiger partial charge in [-0.05, 0) is 88.3 Å². The SMILES string of the molecule is [2H]C([2H])(c1ccc2scc(-c3nc4ccccc4n3-c3c(C(C)C)cc(-c4ccccc4)cc3C(C)C)c2c1)C(C)C. The van der Waals surface area contributed by atoms with E-state index in [1.807, 2.05) is 19.9 Å². The van der Waals surface area contributed by atoms with Crippen LogP contribution in [-0.4, -0.2) is 9.55 Å². The maximum atomic E-state index is 8.78. The van der Waals surface area contributed by atoms with Crippen molar-refractivity contribution in [1.29, 1.82) is 0 Å². The first-order valence-electron chi connectivity index (χ1n) is 15.3. The fourth-order valence-electron chi connectivity index (χ4n) is 5.67. The van der Waals surface area contributed by atoms with Crippen molar-refractivity contribution in [3.05, 3.63) is 107 Å². The lowest BCUT2D eigenvalue weighted by atomic mass is 9.88. The van der Waals surface area contributed by atoms with Crippen LogP contribution in [0.1, 0.15) is 72.8 Å². The lowest BCUT2D eigenvalue weighted by Gasteiger charge is -2.24. The average Bonchev–Trinajstić information content (AvgIpc) is 3.57. The first-order valence-corrected chi connectivity index (χ1v) is 15.2. The van der Waals surface area contributed by atoms with Crippen molar-refractivity contribution in [3.63, 3.8) is 0 Å². The van der Waals surface area contributed by atoms with Crippen LogP contribution in [0.5, 0.6) is 0 Å². The summed E-state index contributed by atoms with van der Waals surface area (Å²) in [5.41, 5.74) is 10.0. The summed E-state index contributed by atoms with van der Waals surface area (Å²) in [5, 5.41) is 3.25. The lowest BCUT2D eigenvalue weighted by Crippen LogP contribution is -2.09. The Labute approximate surface area is 245 Å². The number of fused-ring (bicyclic) bond motifs is 2. The highest BCUT2D eigenvalue weighted by atomic mass is 32.1. The summed E-state index contributed by atoms with van der Waals surface area (Å²) in [7, 11) is 0. The van der Waals surface area contributed by atoms with Gasteiger partial charge in [0.1, 0.15) is 5.82 Å². The quantitative estimate of drug-likeness (QED) is 0.195. The summed E-state index contributed by atoms with van der Waals surface area (Å²) in [6.07, 6.45) is -1.42. The van der Waals surface area contributed by atoms with E-state index in [-0.39, 0.29) is 5.92 Å². The predicted octanol–water partition coefficient (Wildman–Crippen LogP) is 11.0. The van der Waals surface area contributed by atoms with Gasteiger partial charge in [-0.3, -0.25) is 4.57 Å². The van der Waals surface area contributed by atoms with Gasteiger partial charge in [-0.25, -0.2) is 4.98 Å². The smallest absolute Gasteiger partial charge is 0.147 e. The minimum Gasteiger partial charge on any atom is -0.292 e. The van der Waals surface area contributed by atoms with E-state index in [9.17, 15) is 0 Å². The fraction of sp³-hybridized carbons (Fsp3) is 0.270. The van der Waals surface area contributed by atoms with Crippen LogP contribution < -0.4 is 0 Å². The molecule has 0 aliphatic heterocycles. The van der Waals surface area contributed by atoms with E-state index >= 15 is 0 Å². The largest absolute Gasteiger partial charge is 0.292 e. The maximum absolute atomic E-state index is 8.78. The average molecular weight is 545 g/mol. The minimum absolute atomic E-state index is 0.132. The second-order valence-corrected chi connectivity index (χ2v) is 12.5. The lowest BCUT2D eigenvalue weighted by molar-refractivity contribution is 0.648. The number of hydrogen-bond donors (Lipinski definition) is 0. The molecule has 2 aromatic heterocycles. The van der Waals surface area contributed by atoms with Crippen molar-refractivity contribution >= 4 is 32.5 Å². The highest BCUT2D eigenvalue weighted by Gasteiger charge is 2.24. The molecule has 3 heteroatoms. The standard InChI is InChI=1S/C37H38N2S/c1-23(2)18-26-16-17-35-31(19-26)32(22-40-35)37-38-33-14-10-11-15-34(33)39(37)36-29(24(3)4)20-28(21-30(36)25(5)6)27-12-8-7-9-13-27/h7-17,19-25H,18H2,1-6H3/i18D2. The highest BCUT2D eigenvalue weighted by Crippen LogP contribution is 2.42. The molecule has 0 atom stereocenters. The van der Waals surface area contributed by atoms with Crippen LogP contribution in [0.15, 0.2) is 90.3 Å². The van der Waals surface area contributed by atoms with E-state index in [0.29, 0.717) is 17.4 Å². The molecule has 40 heavy (non-hydrogen) atoms. The van der Waals surface area contributed by atoms with E-state index in [1.54, 1.807) is 11.3 Å². The molecule has 6 aromatic rings. The second-order valence-electron chi connectivity index (χ2n) is 11.6. The van der Waals surface area contributed by atoms with Crippen molar-refractivity contribution < 1.29 is 2.74 Å². The Morgan fingerprint density at radius 3 is 2.12 bits per heavy atom. The number of nitrogens with zero attached hydrogens (tertiary/aromatic N) is 2. The van der Waals surface area contributed by atoms with Crippen molar-refractivity contribution in [1.82, 2.24) is 9.55 Å². The van der Waals surface area contributed by atoms with E-state index < -0.39 is 6.37 Å². The predicted molar refractivity (Wildman–Crippen MR) is 174 cm³/mol. The molecule has 0 saturated carbocycles. The molecule has 0 fully saturated rings. The van der Waals surface area contributed by atoms with Gasteiger partial charge < -0.3 is 0 Å². The number of imidazole rings is 1. The van der Waals surface area contributed by atoms with Crippen LogP contribution in [0, 0.1) is 5.92 Å². The van der Waals surface area contributed by atoms with E-state index in [1.165, 1.54) is 27.9 Å². The van der Waals surface area contributed by atoms with Gasteiger partial charge in [-0.15, -0.1) is 11.3 Å². The zero-order chi connectivity index (χ0) is 29.8. The molecule has 0 spiro atoms. The van der Waals surface area contributed by atoms with Crippen LogP contribution in [0.3, 0.4) is 0 Å². The Balaban J connectivity index is 1.68. The summed E-state index contributed by atoms with van der Waals surface area (Å²) < 4.78 is 21.1. The van der Waals surface area contributed by atoms with E-state index in [2.05, 4.69) is 117 Å². The molecule has 0 aliphatic rings. The van der Waals surface area contributed by atoms with Gasteiger partial charge in [0.05, 0.1) is 16.7 Å². The number of aromatic nitrogens is 2. The third-order valence-electron chi connectivity index (χ3n) is 7.57. The number of hydrogen-bond acceptors (Lipinski definition) is 2. The zero-order valence-electron chi connectivity index (χ0n) is 26.2. The molecule has 0 radical (unpaired) electrons. The molecule has 6 rings (SSSR count). The van der Waals surface area contributed by atoms with Crippen LogP contribution in [0.2, 0.25) is 0 Å². The van der Waals surface area contributed by atoms with Crippen molar-refractivity contribution in [2.45, 2.75) is 59.8 Å². The van der Waals surface area contributed by atoms with Gasteiger partial charge in [-0.2, -0.15) is 0 Å². The van der Waals surface area contributed by atoms with Gasteiger partial charge in [0.15, 0.2) is 0 Å². The van der Waals surface area contributed by atoms with Crippen LogP contribution in [0.25, 0.3) is 49.3 Å². The third kappa shape index (κ3) is 4.77. The zero-order valence-corrected chi connectivity index (χ0v) is 25.0. The molecule has 2 nitrogen and oxygen atoms in total. The Morgan fingerprint density at radius 1 is 0.775 bits per heavy atom. The molecule has 2 heterocycles. The molecule has 202 valence electrons. The molecule has 0 saturated heterocycles. The Morgan fingerprint density at radius 2 is 1.45 bits per heavy atom. The molecular weight excluding hydrogens is 504 g/mol. The summed E-state index contributed by atoms with van der Waals surface area (Å²) >= 11 is 1.70. The van der Waals surface area contributed by atoms with Crippen LogP contribution in [0.4, 0.5) is 0 Å².